The monoisotopic (exact) mass is 333 g/mol. The number of esters is 1. The highest BCUT2D eigenvalue weighted by Crippen LogP contribution is 2.13. The molecule has 0 spiro atoms. The summed E-state index contributed by atoms with van der Waals surface area (Å²) in [5, 5.41) is 0. The van der Waals surface area contributed by atoms with E-state index >= 15 is 0 Å². The standard InChI is InChI=1S/C18H23NO5/c1-13-10-19(11-14(2)24-13)17(20)12-23-18(21)9-6-15-4-7-16(22-3)8-5-15/h4-9,13-14H,10-12H2,1-3H3/b9-6+/t13-,14-/m1/s1. The van der Waals surface area contributed by atoms with Crippen LogP contribution in [0.25, 0.3) is 6.08 Å². The van der Waals surface area contributed by atoms with Crippen LogP contribution in [0.4, 0.5) is 0 Å². The Hall–Kier alpha value is -2.34. The van der Waals surface area contributed by atoms with E-state index in [-0.39, 0.29) is 24.7 Å². The molecule has 0 N–H and O–H groups in total. The molecule has 1 aromatic rings. The number of benzene rings is 1. The van der Waals surface area contributed by atoms with Crippen LogP contribution >= 0.6 is 0 Å². The smallest absolute Gasteiger partial charge is 0.331 e. The summed E-state index contributed by atoms with van der Waals surface area (Å²) in [6, 6.07) is 7.25. The minimum Gasteiger partial charge on any atom is -0.497 e. The Morgan fingerprint density at radius 1 is 1.21 bits per heavy atom. The van der Waals surface area contributed by atoms with E-state index in [1.54, 1.807) is 30.2 Å². The van der Waals surface area contributed by atoms with Crippen LogP contribution in [0.5, 0.6) is 5.75 Å². The average molecular weight is 333 g/mol. The third kappa shape index (κ3) is 5.38. The summed E-state index contributed by atoms with van der Waals surface area (Å²) < 4.78 is 15.7. The first-order valence-corrected chi connectivity index (χ1v) is 7.90. The molecule has 1 saturated heterocycles. The number of rotatable bonds is 5. The Labute approximate surface area is 142 Å². The second kappa shape index (κ2) is 8.49. The van der Waals surface area contributed by atoms with Crippen molar-refractivity contribution in [3.8, 4) is 5.75 Å². The maximum atomic E-state index is 12.1. The summed E-state index contributed by atoms with van der Waals surface area (Å²) in [5.74, 6) is -0.00832. The molecule has 0 unspecified atom stereocenters. The third-order valence-electron chi connectivity index (χ3n) is 3.64. The first-order valence-electron chi connectivity index (χ1n) is 7.90. The topological polar surface area (TPSA) is 65.1 Å². The van der Waals surface area contributed by atoms with E-state index in [4.69, 9.17) is 14.2 Å². The molecule has 6 nitrogen and oxygen atoms in total. The lowest BCUT2D eigenvalue weighted by Gasteiger charge is -2.35. The lowest BCUT2D eigenvalue weighted by molar-refractivity contribution is -0.154. The van der Waals surface area contributed by atoms with E-state index in [2.05, 4.69) is 0 Å². The largest absolute Gasteiger partial charge is 0.497 e. The fourth-order valence-corrected chi connectivity index (χ4v) is 2.53. The van der Waals surface area contributed by atoms with Crippen molar-refractivity contribution < 1.29 is 23.8 Å². The molecule has 0 aromatic heterocycles. The van der Waals surface area contributed by atoms with E-state index in [1.807, 2.05) is 26.0 Å². The van der Waals surface area contributed by atoms with E-state index < -0.39 is 5.97 Å². The molecule has 0 bridgehead atoms. The molecule has 6 heteroatoms. The zero-order valence-electron chi connectivity index (χ0n) is 14.2. The molecular formula is C18H23NO5. The van der Waals surface area contributed by atoms with Crippen LogP contribution in [0.1, 0.15) is 19.4 Å². The molecule has 2 rings (SSSR count). The number of hydrogen-bond acceptors (Lipinski definition) is 5. The molecule has 1 aliphatic heterocycles. The fourth-order valence-electron chi connectivity index (χ4n) is 2.53. The summed E-state index contributed by atoms with van der Waals surface area (Å²) in [4.78, 5) is 25.5. The molecule has 1 heterocycles. The number of nitrogens with zero attached hydrogens (tertiary/aromatic N) is 1. The lowest BCUT2D eigenvalue weighted by atomic mass is 10.2. The minimum atomic E-state index is -0.548. The highest BCUT2D eigenvalue weighted by atomic mass is 16.5. The van der Waals surface area contributed by atoms with Gasteiger partial charge in [-0.05, 0) is 37.6 Å². The molecule has 1 fully saturated rings. The molecule has 1 aliphatic rings. The van der Waals surface area contributed by atoms with Gasteiger partial charge in [0.15, 0.2) is 6.61 Å². The van der Waals surface area contributed by atoms with Crippen LogP contribution in [-0.4, -0.2) is 55.8 Å². The second-order valence-corrected chi connectivity index (χ2v) is 5.77. The van der Waals surface area contributed by atoms with E-state index in [0.717, 1.165) is 11.3 Å². The molecule has 1 aromatic carbocycles. The van der Waals surface area contributed by atoms with Gasteiger partial charge in [0.2, 0.25) is 0 Å². The van der Waals surface area contributed by atoms with Crippen molar-refractivity contribution in [2.75, 3.05) is 26.8 Å². The van der Waals surface area contributed by atoms with Gasteiger partial charge in [0.05, 0.1) is 19.3 Å². The van der Waals surface area contributed by atoms with Crippen molar-refractivity contribution in [3.05, 3.63) is 35.9 Å². The summed E-state index contributed by atoms with van der Waals surface area (Å²) in [5.41, 5.74) is 0.843. The summed E-state index contributed by atoms with van der Waals surface area (Å²) >= 11 is 0. The lowest BCUT2D eigenvalue weighted by Crippen LogP contribution is -2.49. The zero-order valence-corrected chi connectivity index (χ0v) is 14.2. The van der Waals surface area contributed by atoms with E-state index in [9.17, 15) is 9.59 Å². The predicted molar refractivity (Wildman–Crippen MR) is 89.6 cm³/mol. The van der Waals surface area contributed by atoms with Crippen molar-refractivity contribution >= 4 is 18.0 Å². The van der Waals surface area contributed by atoms with Crippen LogP contribution in [-0.2, 0) is 19.1 Å². The van der Waals surface area contributed by atoms with Gasteiger partial charge in [-0.1, -0.05) is 12.1 Å². The molecule has 130 valence electrons. The molecule has 2 atom stereocenters. The quantitative estimate of drug-likeness (QED) is 0.608. The maximum absolute atomic E-state index is 12.1. The second-order valence-electron chi connectivity index (χ2n) is 5.77. The SMILES string of the molecule is COc1ccc(/C=C/C(=O)OCC(=O)N2C[C@@H](C)O[C@H](C)C2)cc1. The normalized spacial score (nSPS) is 20.9. The van der Waals surface area contributed by atoms with Crippen LogP contribution in [0.15, 0.2) is 30.3 Å². The van der Waals surface area contributed by atoms with Gasteiger partial charge in [-0.2, -0.15) is 0 Å². The summed E-state index contributed by atoms with van der Waals surface area (Å²) in [6.07, 6.45) is 2.91. The van der Waals surface area contributed by atoms with Gasteiger partial charge in [-0.15, -0.1) is 0 Å². The highest BCUT2D eigenvalue weighted by molar-refractivity contribution is 5.89. The van der Waals surface area contributed by atoms with Gasteiger partial charge < -0.3 is 19.1 Å². The Bertz CT molecular complexity index is 586. The molecule has 24 heavy (non-hydrogen) atoms. The number of amides is 1. The number of ether oxygens (including phenoxy) is 3. The first kappa shape index (κ1) is 18.0. The van der Waals surface area contributed by atoms with Crippen LogP contribution < -0.4 is 4.74 Å². The van der Waals surface area contributed by atoms with Crippen LogP contribution in [0, 0.1) is 0 Å². The number of morpholine rings is 1. The van der Waals surface area contributed by atoms with Crippen molar-refractivity contribution in [1.29, 1.82) is 0 Å². The molecule has 0 aliphatic carbocycles. The van der Waals surface area contributed by atoms with Crippen molar-refractivity contribution in [2.45, 2.75) is 26.1 Å². The van der Waals surface area contributed by atoms with Crippen LogP contribution in [0.3, 0.4) is 0 Å². The van der Waals surface area contributed by atoms with Crippen molar-refractivity contribution in [3.63, 3.8) is 0 Å². The predicted octanol–water partition coefficient (Wildman–Crippen LogP) is 1.89. The Kier molecular flexibility index (Phi) is 6.37. The Balaban J connectivity index is 1.79. The molecular weight excluding hydrogens is 310 g/mol. The van der Waals surface area contributed by atoms with E-state index in [1.165, 1.54) is 6.08 Å². The van der Waals surface area contributed by atoms with Gasteiger partial charge in [0.25, 0.3) is 5.91 Å². The Morgan fingerprint density at radius 3 is 2.42 bits per heavy atom. The van der Waals surface area contributed by atoms with Gasteiger partial charge >= 0.3 is 5.97 Å². The van der Waals surface area contributed by atoms with Crippen molar-refractivity contribution in [1.82, 2.24) is 4.90 Å². The first-order chi connectivity index (χ1) is 11.5. The van der Waals surface area contributed by atoms with Gasteiger partial charge in [0.1, 0.15) is 5.75 Å². The number of hydrogen-bond donors (Lipinski definition) is 0. The Morgan fingerprint density at radius 2 is 1.83 bits per heavy atom. The number of carbonyl (C=O) groups excluding carboxylic acids is 2. The highest BCUT2D eigenvalue weighted by Gasteiger charge is 2.26. The van der Waals surface area contributed by atoms with Gasteiger partial charge in [0, 0.05) is 19.2 Å². The fraction of sp³-hybridized carbons (Fsp3) is 0.444. The maximum Gasteiger partial charge on any atom is 0.331 e. The number of carbonyl (C=O) groups is 2. The van der Waals surface area contributed by atoms with E-state index in [0.29, 0.717) is 13.1 Å². The summed E-state index contributed by atoms with van der Waals surface area (Å²) in [6.45, 7) is 4.61. The van der Waals surface area contributed by atoms with Gasteiger partial charge in [-0.25, -0.2) is 4.79 Å². The molecule has 0 saturated carbocycles. The number of methoxy groups -OCH3 is 1. The zero-order chi connectivity index (χ0) is 17.5. The van der Waals surface area contributed by atoms with Gasteiger partial charge in [-0.3, -0.25) is 4.79 Å². The average Bonchev–Trinajstić information content (AvgIpc) is 2.57. The summed E-state index contributed by atoms with van der Waals surface area (Å²) in [7, 11) is 1.59. The third-order valence-corrected chi connectivity index (χ3v) is 3.64. The molecule has 1 amide bonds. The van der Waals surface area contributed by atoms with Crippen LogP contribution in [0.2, 0.25) is 0 Å². The molecule has 0 radical (unpaired) electrons. The minimum absolute atomic E-state index is 0.0108. The van der Waals surface area contributed by atoms with Crippen molar-refractivity contribution in [2.24, 2.45) is 0 Å².